The molecule has 0 N–H and O–H groups in total. The van der Waals surface area contributed by atoms with Gasteiger partial charge < -0.3 is 14.4 Å². The van der Waals surface area contributed by atoms with Gasteiger partial charge in [0.25, 0.3) is 0 Å². The van der Waals surface area contributed by atoms with E-state index in [2.05, 4.69) is 9.47 Å². The molecule has 0 aliphatic carbocycles. The van der Waals surface area contributed by atoms with Crippen molar-refractivity contribution in [2.24, 2.45) is 0 Å². The van der Waals surface area contributed by atoms with E-state index in [1.165, 1.54) is 19.2 Å². The fraction of sp³-hybridized carbons (Fsp3) is 0.471. The van der Waals surface area contributed by atoms with Crippen LogP contribution in [0.2, 0.25) is 0 Å². The fourth-order valence-corrected chi connectivity index (χ4v) is 3.31. The van der Waals surface area contributed by atoms with E-state index >= 15 is 0 Å². The molecule has 0 spiro atoms. The molecule has 0 bridgehead atoms. The summed E-state index contributed by atoms with van der Waals surface area (Å²) in [4.78, 5) is 36.3. The van der Waals surface area contributed by atoms with Gasteiger partial charge in [-0.2, -0.15) is 4.31 Å². The van der Waals surface area contributed by atoms with Gasteiger partial charge in [0.1, 0.15) is 13.1 Å². The third-order valence-electron chi connectivity index (χ3n) is 3.99. The number of rotatable bonds is 8. The highest BCUT2D eigenvalue weighted by atomic mass is 32.2. The van der Waals surface area contributed by atoms with Crippen LogP contribution >= 0.6 is 0 Å². The fourth-order valence-electron chi connectivity index (χ4n) is 2.10. The van der Waals surface area contributed by atoms with Crippen molar-refractivity contribution in [1.29, 1.82) is 0 Å². The highest BCUT2D eigenvalue weighted by Gasteiger charge is 2.27. The predicted molar refractivity (Wildman–Crippen MR) is 96.3 cm³/mol. The molecule has 0 atom stereocenters. The molecule has 0 aliphatic rings. The highest BCUT2D eigenvalue weighted by Crippen LogP contribution is 2.18. The summed E-state index contributed by atoms with van der Waals surface area (Å²) in [6, 6.07) is 4.66. The number of likely N-dealkylation sites (N-methyl/N-ethyl adjacent to an activating group) is 1. The lowest BCUT2D eigenvalue weighted by Gasteiger charge is -2.23. The molecule has 0 heterocycles. The number of carbonyl (C=O) groups is 3. The minimum absolute atomic E-state index is 0.0494. The van der Waals surface area contributed by atoms with Crippen LogP contribution in [0.15, 0.2) is 23.1 Å². The molecule has 1 rings (SSSR count). The Morgan fingerprint density at radius 2 is 1.44 bits per heavy atom. The first-order valence-corrected chi connectivity index (χ1v) is 9.42. The van der Waals surface area contributed by atoms with Gasteiger partial charge in [-0.3, -0.25) is 14.4 Å². The number of nitrogens with zero attached hydrogens (tertiary/aromatic N) is 2. The van der Waals surface area contributed by atoms with Crippen molar-refractivity contribution in [3.63, 3.8) is 0 Å². The number of benzene rings is 1. The molecule has 27 heavy (non-hydrogen) atoms. The number of aryl methyl sites for hydroxylation is 2. The van der Waals surface area contributed by atoms with E-state index in [9.17, 15) is 22.8 Å². The Bertz CT molecular complexity index is 803. The monoisotopic (exact) mass is 400 g/mol. The van der Waals surface area contributed by atoms with Gasteiger partial charge in [-0.25, -0.2) is 8.42 Å². The smallest absolute Gasteiger partial charge is 0.325 e. The molecule has 0 aromatic heterocycles. The first-order valence-electron chi connectivity index (χ1n) is 7.98. The van der Waals surface area contributed by atoms with E-state index in [4.69, 9.17) is 0 Å². The summed E-state index contributed by atoms with van der Waals surface area (Å²) in [7, 11) is -0.398. The standard InChI is InChI=1S/C17H24N2O7S/c1-12-6-7-14(8-13(12)2)27(23,24)18(3)9-15(20)19(10-16(21)25-4)11-17(22)26-5/h6-8H,9-11H2,1-5H3. The quantitative estimate of drug-likeness (QED) is 0.569. The van der Waals surface area contributed by atoms with Crippen molar-refractivity contribution in [1.82, 2.24) is 9.21 Å². The number of sulfonamides is 1. The van der Waals surface area contributed by atoms with E-state index in [0.717, 1.165) is 34.6 Å². The number of esters is 2. The van der Waals surface area contributed by atoms with Crippen LogP contribution in [0.4, 0.5) is 0 Å². The second-order valence-corrected chi connectivity index (χ2v) is 7.95. The lowest BCUT2D eigenvalue weighted by Crippen LogP contribution is -2.45. The molecule has 0 saturated carbocycles. The molecule has 0 unspecified atom stereocenters. The highest BCUT2D eigenvalue weighted by molar-refractivity contribution is 7.89. The molecule has 0 radical (unpaired) electrons. The molecular formula is C17H24N2O7S. The van der Waals surface area contributed by atoms with E-state index in [1.54, 1.807) is 13.0 Å². The van der Waals surface area contributed by atoms with Gasteiger partial charge >= 0.3 is 11.9 Å². The lowest BCUT2D eigenvalue weighted by atomic mass is 10.1. The molecule has 0 aliphatic heterocycles. The number of hydrogen-bond donors (Lipinski definition) is 0. The number of methoxy groups -OCH3 is 2. The van der Waals surface area contributed by atoms with Gasteiger partial charge in [0.05, 0.1) is 25.7 Å². The molecule has 150 valence electrons. The van der Waals surface area contributed by atoms with Crippen LogP contribution in [0.5, 0.6) is 0 Å². The summed E-state index contributed by atoms with van der Waals surface area (Å²) in [5.41, 5.74) is 1.74. The van der Waals surface area contributed by atoms with Crippen LogP contribution in [0, 0.1) is 13.8 Å². The Kier molecular flexibility index (Phi) is 7.92. The Labute approximate surface area is 158 Å². The molecule has 0 fully saturated rings. The van der Waals surface area contributed by atoms with Gasteiger partial charge in [0, 0.05) is 7.05 Å². The van der Waals surface area contributed by atoms with Crippen LogP contribution in [0.25, 0.3) is 0 Å². The summed E-state index contributed by atoms with van der Waals surface area (Å²) in [5, 5.41) is 0. The second-order valence-electron chi connectivity index (χ2n) is 5.91. The number of ether oxygens (including phenoxy) is 2. The Morgan fingerprint density at radius 3 is 1.89 bits per heavy atom. The molecular weight excluding hydrogens is 376 g/mol. The normalized spacial score (nSPS) is 11.2. The maximum atomic E-state index is 12.7. The molecule has 10 heteroatoms. The summed E-state index contributed by atoms with van der Waals surface area (Å²) >= 11 is 0. The zero-order valence-corrected chi connectivity index (χ0v) is 16.8. The second kappa shape index (κ2) is 9.47. The van der Waals surface area contributed by atoms with Gasteiger partial charge in [-0.1, -0.05) is 6.07 Å². The van der Waals surface area contributed by atoms with Crippen molar-refractivity contribution in [2.75, 3.05) is 40.9 Å². The van der Waals surface area contributed by atoms with Gasteiger partial charge in [-0.15, -0.1) is 0 Å². The third-order valence-corrected chi connectivity index (χ3v) is 5.79. The zero-order chi connectivity index (χ0) is 20.8. The van der Waals surface area contributed by atoms with Crippen LogP contribution in [0.3, 0.4) is 0 Å². The molecule has 0 saturated heterocycles. The van der Waals surface area contributed by atoms with E-state index in [-0.39, 0.29) is 4.90 Å². The van der Waals surface area contributed by atoms with Crippen LogP contribution in [-0.2, 0) is 33.9 Å². The van der Waals surface area contributed by atoms with Gasteiger partial charge in [0.15, 0.2) is 0 Å². The van der Waals surface area contributed by atoms with E-state index in [0.29, 0.717) is 0 Å². The average Bonchev–Trinajstić information content (AvgIpc) is 2.62. The summed E-state index contributed by atoms with van der Waals surface area (Å²) in [6.45, 7) is 2.09. The van der Waals surface area contributed by atoms with E-state index < -0.39 is 47.5 Å². The number of carbonyl (C=O) groups excluding carboxylic acids is 3. The molecule has 9 nitrogen and oxygen atoms in total. The third kappa shape index (κ3) is 6.04. The van der Waals surface area contributed by atoms with Crippen LogP contribution in [0.1, 0.15) is 11.1 Å². The Balaban J connectivity index is 2.99. The summed E-state index contributed by atoms with van der Waals surface area (Å²) in [5.74, 6) is -2.22. The Hall–Kier alpha value is -2.46. The van der Waals surface area contributed by atoms with Crippen molar-refractivity contribution >= 4 is 27.9 Å². The maximum absolute atomic E-state index is 12.7. The SMILES string of the molecule is COC(=O)CN(CC(=O)OC)C(=O)CN(C)S(=O)(=O)c1ccc(C)c(C)c1. The number of amides is 1. The average molecular weight is 400 g/mol. The summed E-state index contributed by atoms with van der Waals surface area (Å²) in [6.07, 6.45) is 0. The van der Waals surface area contributed by atoms with Crippen LogP contribution < -0.4 is 0 Å². The topological polar surface area (TPSA) is 110 Å². The molecule has 1 aromatic rings. The maximum Gasteiger partial charge on any atom is 0.325 e. The minimum Gasteiger partial charge on any atom is -0.468 e. The largest absolute Gasteiger partial charge is 0.468 e. The van der Waals surface area contributed by atoms with Crippen LogP contribution in [-0.4, -0.2) is 76.4 Å². The van der Waals surface area contributed by atoms with Crippen molar-refractivity contribution in [2.45, 2.75) is 18.7 Å². The van der Waals surface area contributed by atoms with Crippen molar-refractivity contribution in [3.8, 4) is 0 Å². The first-order chi connectivity index (χ1) is 12.5. The Morgan fingerprint density at radius 1 is 0.926 bits per heavy atom. The van der Waals surface area contributed by atoms with E-state index in [1.807, 2.05) is 6.92 Å². The zero-order valence-electron chi connectivity index (χ0n) is 16.0. The lowest BCUT2D eigenvalue weighted by molar-refractivity contribution is -0.152. The predicted octanol–water partition coefficient (Wildman–Crippen LogP) is 0.0985. The minimum atomic E-state index is -3.92. The molecule has 1 amide bonds. The van der Waals surface area contributed by atoms with Crippen molar-refractivity contribution in [3.05, 3.63) is 29.3 Å². The first kappa shape index (κ1) is 22.6. The summed E-state index contributed by atoms with van der Waals surface area (Å²) < 4.78 is 35.2. The van der Waals surface area contributed by atoms with Gasteiger partial charge in [0.2, 0.25) is 15.9 Å². The number of hydrogen-bond acceptors (Lipinski definition) is 7. The molecule has 1 aromatic carbocycles. The van der Waals surface area contributed by atoms with Crippen molar-refractivity contribution < 1.29 is 32.3 Å². The van der Waals surface area contributed by atoms with Gasteiger partial charge in [-0.05, 0) is 37.1 Å².